The zero-order chi connectivity index (χ0) is 17.9. The molecular weight excluding hydrogens is 335 g/mol. The van der Waals surface area contributed by atoms with E-state index in [1.54, 1.807) is 25.1 Å². The maximum atomic E-state index is 14.2. The van der Waals surface area contributed by atoms with Crippen LogP contribution in [0.2, 0.25) is 5.02 Å². The average Bonchev–Trinajstić information content (AvgIpc) is 2.51. The second-order valence-corrected chi connectivity index (χ2v) is 6.80. The summed E-state index contributed by atoms with van der Waals surface area (Å²) < 4.78 is 14.2. The smallest absolute Gasteiger partial charge is 0.306 e. The summed E-state index contributed by atoms with van der Waals surface area (Å²) in [6.45, 7) is 0. The predicted octanol–water partition coefficient (Wildman–Crippen LogP) is 2.84. The number of aliphatic carboxylic acids is 1. The summed E-state index contributed by atoms with van der Waals surface area (Å²) >= 11 is 6.10. The van der Waals surface area contributed by atoms with E-state index in [9.17, 15) is 14.0 Å². The normalized spacial score (nSPS) is 22.2. The van der Waals surface area contributed by atoms with E-state index in [-0.39, 0.29) is 28.5 Å². The number of hydrogen-bond donors (Lipinski definition) is 2. The fourth-order valence-corrected chi connectivity index (χ4v) is 3.43. The van der Waals surface area contributed by atoms with Crippen molar-refractivity contribution in [3.05, 3.63) is 34.6 Å². The maximum absolute atomic E-state index is 14.2. The molecule has 0 aromatic heterocycles. The molecule has 0 spiro atoms. The molecule has 7 heteroatoms. The molecule has 1 aliphatic carbocycles. The van der Waals surface area contributed by atoms with Gasteiger partial charge in [0.1, 0.15) is 11.9 Å². The van der Waals surface area contributed by atoms with Gasteiger partial charge in [-0.3, -0.25) is 14.5 Å². The Bertz CT molecular complexity index is 596. The number of carboxylic acids is 1. The third kappa shape index (κ3) is 4.24. The van der Waals surface area contributed by atoms with E-state index in [1.165, 1.54) is 12.1 Å². The van der Waals surface area contributed by atoms with Gasteiger partial charge < -0.3 is 10.4 Å². The number of benzene rings is 1. The molecule has 0 radical (unpaired) electrons. The van der Waals surface area contributed by atoms with Crippen molar-refractivity contribution >= 4 is 23.5 Å². The van der Waals surface area contributed by atoms with Crippen LogP contribution in [0.5, 0.6) is 0 Å². The summed E-state index contributed by atoms with van der Waals surface area (Å²) in [6.07, 6.45) is 2.28. The highest BCUT2D eigenvalue weighted by atomic mass is 35.5. The van der Waals surface area contributed by atoms with E-state index in [4.69, 9.17) is 16.7 Å². The van der Waals surface area contributed by atoms with E-state index in [0.717, 1.165) is 0 Å². The minimum absolute atomic E-state index is 0.0962. The zero-order valence-corrected chi connectivity index (χ0v) is 14.5. The zero-order valence-electron chi connectivity index (χ0n) is 13.8. The van der Waals surface area contributed by atoms with Crippen molar-refractivity contribution in [1.82, 2.24) is 10.2 Å². The Kier molecular flexibility index (Phi) is 6.18. The van der Waals surface area contributed by atoms with Gasteiger partial charge in [0.05, 0.1) is 5.92 Å². The third-order valence-electron chi connectivity index (χ3n) is 4.46. The molecule has 0 aliphatic heterocycles. The second kappa shape index (κ2) is 7.94. The van der Waals surface area contributed by atoms with E-state index in [2.05, 4.69) is 5.32 Å². The lowest BCUT2D eigenvalue weighted by atomic mass is 9.86. The molecule has 132 valence electrons. The SMILES string of the molecule is CN(C)C(C(=O)NC1CCC(C(=O)O)CC1)c1c(F)cccc1Cl. The van der Waals surface area contributed by atoms with E-state index < -0.39 is 17.8 Å². The van der Waals surface area contributed by atoms with Crippen LogP contribution in [0.1, 0.15) is 37.3 Å². The van der Waals surface area contributed by atoms with E-state index in [1.807, 2.05) is 0 Å². The van der Waals surface area contributed by atoms with Crippen LogP contribution in [0, 0.1) is 11.7 Å². The van der Waals surface area contributed by atoms with Crippen molar-refractivity contribution < 1.29 is 19.1 Å². The molecule has 1 aromatic rings. The molecule has 1 fully saturated rings. The molecular formula is C17H22ClFN2O3. The number of carboxylic acid groups (broad SMARTS) is 1. The van der Waals surface area contributed by atoms with Crippen LogP contribution in [-0.4, -0.2) is 42.0 Å². The molecule has 0 saturated heterocycles. The van der Waals surface area contributed by atoms with Gasteiger partial charge in [0.2, 0.25) is 5.91 Å². The Morgan fingerprint density at radius 2 is 1.92 bits per heavy atom. The average molecular weight is 357 g/mol. The molecule has 1 atom stereocenters. The standard InChI is InChI=1S/C17H22ClFN2O3/c1-21(2)15(14-12(18)4-3-5-13(14)19)16(22)20-11-8-6-10(7-9-11)17(23)24/h3-5,10-11,15H,6-9H2,1-2H3,(H,20,22)(H,23,24). The van der Waals surface area contributed by atoms with Gasteiger partial charge in [0, 0.05) is 16.6 Å². The second-order valence-electron chi connectivity index (χ2n) is 6.40. The first-order valence-corrected chi connectivity index (χ1v) is 8.32. The lowest BCUT2D eigenvalue weighted by Gasteiger charge is -2.30. The van der Waals surface area contributed by atoms with Crippen LogP contribution in [-0.2, 0) is 9.59 Å². The molecule has 1 amide bonds. The van der Waals surface area contributed by atoms with Crippen LogP contribution in [0.3, 0.4) is 0 Å². The fraction of sp³-hybridized carbons (Fsp3) is 0.529. The van der Waals surface area contributed by atoms with Gasteiger partial charge in [-0.2, -0.15) is 0 Å². The molecule has 24 heavy (non-hydrogen) atoms. The number of carbonyl (C=O) groups is 2. The lowest BCUT2D eigenvalue weighted by Crippen LogP contribution is -2.44. The summed E-state index contributed by atoms with van der Waals surface area (Å²) in [7, 11) is 3.38. The van der Waals surface area contributed by atoms with Crippen molar-refractivity contribution in [2.24, 2.45) is 5.92 Å². The molecule has 0 heterocycles. The monoisotopic (exact) mass is 356 g/mol. The topological polar surface area (TPSA) is 69.6 Å². The number of halogens is 2. The van der Waals surface area contributed by atoms with Crippen molar-refractivity contribution in [2.75, 3.05) is 14.1 Å². The van der Waals surface area contributed by atoms with Crippen molar-refractivity contribution in [1.29, 1.82) is 0 Å². The molecule has 1 saturated carbocycles. The number of hydrogen-bond acceptors (Lipinski definition) is 3. The van der Waals surface area contributed by atoms with Gasteiger partial charge in [-0.1, -0.05) is 17.7 Å². The number of nitrogens with one attached hydrogen (secondary N) is 1. The Hall–Kier alpha value is -1.66. The van der Waals surface area contributed by atoms with Gasteiger partial charge in [-0.15, -0.1) is 0 Å². The van der Waals surface area contributed by atoms with E-state index >= 15 is 0 Å². The Balaban J connectivity index is 2.10. The summed E-state index contributed by atoms with van der Waals surface area (Å²) in [5, 5.41) is 12.1. The minimum Gasteiger partial charge on any atom is -0.481 e. The summed E-state index contributed by atoms with van der Waals surface area (Å²) in [6, 6.07) is 3.40. The number of rotatable bonds is 5. The summed E-state index contributed by atoms with van der Waals surface area (Å²) in [4.78, 5) is 25.3. The van der Waals surface area contributed by atoms with Crippen molar-refractivity contribution in [3.63, 3.8) is 0 Å². The maximum Gasteiger partial charge on any atom is 0.306 e. The van der Waals surface area contributed by atoms with Crippen LogP contribution < -0.4 is 5.32 Å². The van der Waals surface area contributed by atoms with Crippen molar-refractivity contribution in [2.45, 2.75) is 37.8 Å². The molecule has 1 aromatic carbocycles. The van der Waals surface area contributed by atoms with Gasteiger partial charge in [0.15, 0.2) is 0 Å². The van der Waals surface area contributed by atoms with Crippen LogP contribution in [0.15, 0.2) is 18.2 Å². The Labute approximate surface area is 145 Å². The highest BCUT2D eigenvalue weighted by molar-refractivity contribution is 6.31. The minimum atomic E-state index is -0.837. The highest BCUT2D eigenvalue weighted by Crippen LogP contribution is 2.30. The number of likely N-dealkylation sites (N-methyl/N-ethyl adjacent to an activating group) is 1. The first-order chi connectivity index (χ1) is 11.3. The Morgan fingerprint density at radius 3 is 2.42 bits per heavy atom. The van der Waals surface area contributed by atoms with Crippen molar-refractivity contribution in [3.8, 4) is 0 Å². The molecule has 1 aliphatic rings. The van der Waals surface area contributed by atoms with Gasteiger partial charge in [-0.05, 0) is 51.9 Å². The molecule has 0 bridgehead atoms. The molecule has 2 rings (SSSR count). The Morgan fingerprint density at radius 1 is 1.29 bits per heavy atom. The predicted molar refractivity (Wildman–Crippen MR) is 89.4 cm³/mol. The lowest BCUT2D eigenvalue weighted by molar-refractivity contribution is -0.142. The highest BCUT2D eigenvalue weighted by Gasteiger charge is 2.32. The van der Waals surface area contributed by atoms with Gasteiger partial charge in [0.25, 0.3) is 0 Å². The number of carbonyl (C=O) groups excluding carboxylic acids is 1. The number of nitrogens with zero attached hydrogens (tertiary/aromatic N) is 1. The fourth-order valence-electron chi connectivity index (χ4n) is 3.16. The summed E-state index contributed by atoms with van der Waals surface area (Å²) in [5.74, 6) is -1.98. The first-order valence-electron chi connectivity index (χ1n) is 7.94. The van der Waals surface area contributed by atoms with Gasteiger partial charge in [-0.25, -0.2) is 4.39 Å². The largest absolute Gasteiger partial charge is 0.481 e. The summed E-state index contributed by atoms with van der Waals surface area (Å²) in [5.41, 5.74) is 0.154. The quantitative estimate of drug-likeness (QED) is 0.851. The molecule has 2 N–H and O–H groups in total. The first kappa shape index (κ1) is 18.7. The van der Waals surface area contributed by atoms with Crippen LogP contribution >= 0.6 is 11.6 Å². The third-order valence-corrected chi connectivity index (χ3v) is 4.79. The molecule has 1 unspecified atom stereocenters. The van der Waals surface area contributed by atoms with Crippen LogP contribution in [0.25, 0.3) is 0 Å². The van der Waals surface area contributed by atoms with Gasteiger partial charge >= 0.3 is 5.97 Å². The molecule has 5 nitrogen and oxygen atoms in total. The van der Waals surface area contributed by atoms with Crippen LogP contribution in [0.4, 0.5) is 4.39 Å². The number of amides is 1. The van der Waals surface area contributed by atoms with E-state index in [0.29, 0.717) is 25.7 Å².